The zero-order chi connectivity index (χ0) is 14.8. The Hall–Kier alpha value is -0.990. The van der Waals surface area contributed by atoms with Gasteiger partial charge in [0.25, 0.3) is 0 Å². The number of hydrogen-bond donors (Lipinski definition) is 1. The van der Waals surface area contributed by atoms with Crippen LogP contribution >= 0.6 is 24.0 Å². The van der Waals surface area contributed by atoms with Crippen molar-refractivity contribution in [2.24, 2.45) is 4.99 Å². The molecule has 0 aromatic heterocycles. The molecular formula is C14H19F3IN3. The Bertz CT molecular complexity index is 485. The highest BCUT2D eigenvalue weighted by molar-refractivity contribution is 14.0. The van der Waals surface area contributed by atoms with Crippen LogP contribution in [0, 0.1) is 0 Å². The van der Waals surface area contributed by atoms with Crippen molar-refractivity contribution >= 4 is 29.9 Å². The molecule has 118 valence electrons. The molecule has 1 heterocycles. The van der Waals surface area contributed by atoms with Gasteiger partial charge in [-0.05, 0) is 23.6 Å². The van der Waals surface area contributed by atoms with Crippen molar-refractivity contribution in [1.82, 2.24) is 10.2 Å². The van der Waals surface area contributed by atoms with Crippen LogP contribution in [-0.4, -0.2) is 37.5 Å². The summed E-state index contributed by atoms with van der Waals surface area (Å²) >= 11 is 0. The third-order valence-corrected chi connectivity index (χ3v) is 3.43. The van der Waals surface area contributed by atoms with E-state index >= 15 is 0 Å². The van der Waals surface area contributed by atoms with Gasteiger partial charge in [-0.3, -0.25) is 4.99 Å². The van der Waals surface area contributed by atoms with Gasteiger partial charge in [0.2, 0.25) is 0 Å². The second-order valence-electron chi connectivity index (χ2n) is 5.03. The third-order valence-electron chi connectivity index (χ3n) is 3.43. The van der Waals surface area contributed by atoms with Crippen molar-refractivity contribution in [2.45, 2.75) is 19.0 Å². The van der Waals surface area contributed by atoms with E-state index in [1.807, 2.05) is 18.9 Å². The average Bonchev–Trinajstić information content (AvgIpc) is 2.81. The van der Waals surface area contributed by atoms with Gasteiger partial charge in [0, 0.05) is 20.1 Å². The number of aliphatic imine (C=N–C) groups is 1. The summed E-state index contributed by atoms with van der Waals surface area (Å²) in [5.41, 5.74) is 0.271. The highest BCUT2D eigenvalue weighted by Crippen LogP contribution is 2.30. The fourth-order valence-electron chi connectivity index (χ4n) is 2.09. The Labute approximate surface area is 139 Å². The lowest BCUT2D eigenvalue weighted by Gasteiger charge is -2.19. The van der Waals surface area contributed by atoms with E-state index in [2.05, 4.69) is 10.3 Å². The number of hydrogen-bond acceptors (Lipinski definition) is 3. The Kier molecular flexibility index (Phi) is 6.30. The number of guanidine groups is 1. The predicted molar refractivity (Wildman–Crippen MR) is 88.2 cm³/mol. The molecule has 0 bridgehead atoms. The summed E-state index contributed by atoms with van der Waals surface area (Å²) in [5.74, 6) is 0.970. The molecule has 1 aliphatic rings. The minimum Gasteiger partial charge on any atom is -0.356 e. The van der Waals surface area contributed by atoms with Crippen LogP contribution in [0.1, 0.15) is 24.0 Å². The van der Waals surface area contributed by atoms with E-state index in [-0.39, 0.29) is 29.9 Å². The largest absolute Gasteiger partial charge is 0.416 e. The molecule has 7 heteroatoms. The minimum absolute atomic E-state index is 0. The highest BCUT2D eigenvalue weighted by atomic mass is 127. The van der Waals surface area contributed by atoms with Crippen LogP contribution in [0.25, 0.3) is 0 Å². The Morgan fingerprint density at radius 2 is 1.90 bits per heavy atom. The van der Waals surface area contributed by atoms with E-state index in [0.29, 0.717) is 6.54 Å². The molecule has 0 fully saturated rings. The molecule has 0 aliphatic carbocycles. The quantitative estimate of drug-likeness (QED) is 0.771. The van der Waals surface area contributed by atoms with Crippen molar-refractivity contribution < 1.29 is 13.2 Å². The lowest BCUT2D eigenvalue weighted by molar-refractivity contribution is -0.137. The first kappa shape index (κ1) is 18.1. The number of benzene rings is 1. The van der Waals surface area contributed by atoms with Gasteiger partial charge < -0.3 is 10.2 Å². The molecule has 3 nitrogen and oxygen atoms in total. The van der Waals surface area contributed by atoms with Crippen molar-refractivity contribution in [2.75, 3.05) is 26.7 Å². The second-order valence-corrected chi connectivity index (χ2v) is 5.03. The molecule has 1 aromatic carbocycles. The summed E-state index contributed by atoms with van der Waals surface area (Å²) < 4.78 is 37.4. The zero-order valence-electron chi connectivity index (χ0n) is 11.9. The molecule has 0 amide bonds. The summed E-state index contributed by atoms with van der Waals surface area (Å²) in [7, 11) is 1.96. The number of alkyl halides is 3. The fourth-order valence-corrected chi connectivity index (χ4v) is 2.09. The highest BCUT2D eigenvalue weighted by Gasteiger charge is 2.30. The predicted octanol–water partition coefficient (Wildman–Crippen LogP) is 3.32. The first-order chi connectivity index (χ1) is 9.38. The monoisotopic (exact) mass is 413 g/mol. The van der Waals surface area contributed by atoms with E-state index in [1.54, 1.807) is 0 Å². The SMILES string of the molecule is CC(CNC1=NCCN1C)c1ccc(C(F)(F)F)cc1.I. The molecule has 0 radical (unpaired) electrons. The number of halogens is 4. The van der Waals surface area contributed by atoms with Gasteiger partial charge in [-0.1, -0.05) is 19.1 Å². The van der Waals surface area contributed by atoms with Gasteiger partial charge in [-0.15, -0.1) is 24.0 Å². The lowest BCUT2D eigenvalue weighted by atomic mass is 10.00. The zero-order valence-corrected chi connectivity index (χ0v) is 14.3. The third kappa shape index (κ3) is 4.76. The van der Waals surface area contributed by atoms with Crippen LogP contribution in [0.2, 0.25) is 0 Å². The first-order valence-corrected chi connectivity index (χ1v) is 6.54. The number of rotatable bonds is 3. The molecule has 1 unspecified atom stereocenters. The summed E-state index contributed by atoms with van der Waals surface area (Å²) in [4.78, 5) is 6.34. The topological polar surface area (TPSA) is 27.6 Å². The fraction of sp³-hybridized carbons (Fsp3) is 0.500. The van der Waals surface area contributed by atoms with E-state index in [4.69, 9.17) is 0 Å². The smallest absolute Gasteiger partial charge is 0.356 e. The van der Waals surface area contributed by atoms with Crippen molar-refractivity contribution in [3.63, 3.8) is 0 Å². The average molecular weight is 413 g/mol. The van der Waals surface area contributed by atoms with Gasteiger partial charge in [-0.2, -0.15) is 13.2 Å². The Morgan fingerprint density at radius 3 is 2.38 bits per heavy atom. The van der Waals surface area contributed by atoms with Crippen molar-refractivity contribution in [1.29, 1.82) is 0 Å². The summed E-state index contributed by atoms with van der Waals surface area (Å²) in [6.07, 6.45) is -4.28. The molecule has 21 heavy (non-hydrogen) atoms. The van der Waals surface area contributed by atoms with Crippen LogP contribution in [0.5, 0.6) is 0 Å². The van der Waals surface area contributed by atoms with Crippen LogP contribution < -0.4 is 5.32 Å². The van der Waals surface area contributed by atoms with Crippen LogP contribution in [-0.2, 0) is 6.18 Å². The van der Waals surface area contributed by atoms with Gasteiger partial charge in [0.1, 0.15) is 0 Å². The van der Waals surface area contributed by atoms with E-state index in [0.717, 1.165) is 36.7 Å². The molecule has 0 spiro atoms. The number of likely N-dealkylation sites (N-methyl/N-ethyl adjacent to an activating group) is 1. The number of nitrogens with one attached hydrogen (secondary N) is 1. The van der Waals surface area contributed by atoms with Crippen LogP contribution in [0.4, 0.5) is 13.2 Å². The standard InChI is InChI=1S/C14H18F3N3.HI/c1-10(9-19-13-18-7-8-20(13)2)11-3-5-12(6-4-11)14(15,16)17;/h3-6,10H,7-9H2,1-2H3,(H,18,19);1H. The normalized spacial score (nSPS) is 16.2. The van der Waals surface area contributed by atoms with E-state index in [1.165, 1.54) is 12.1 Å². The van der Waals surface area contributed by atoms with Gasteiger partial charge in [-0.25, -0.2) is 0 Å². The first-order valence-electron chi connectivity index (χ1n) is 6.54. The molecule has 1 aliphatic heterocycles. The van der Waals surface area contributed by atoms with E-state index in [9.17, 15) is 13.2 Å². The van der Waals surface area contributed by atoms with E-state index < -0.39 is 11.7 Å². The Balaban J connectivity index is 0.00000220. The summed E-state index contributed by atoms with van der Waals surface area (Å²) in [6.45, 7) is 4.31. The molecule has 0 saturated heterocycles. The Morgan fingerprint density at radius 1 is 1.29 bits per heavy atom. The second kappa shape index (κ2) is 7.33. The molecular weight excluding hydrogens is 394 g/mol. The molecule has 1 N–H and O–H groups in total. The van der Waals surface area contributed by atoms with Gasteiger partial charge in [0.05, 0.1) is 12.1 Å². The minimum atomic E-state index is -4.28. The van der Waals surface area contributed by atoms with Crippen LogP contribution in [0.15, 0.2) is 29.3 Å². The summed E-state index contributed by atoms with van der Waals surface area (Å²) in [6, 6.07) is 5.33. The van der Waals surface area contributed by atoms with Crippen LogP contribution in [0.3, 0.4) is 0 Å². The lowest BCUT2D eigenvalue weighted by Crippen LogP contribution is -2.37. The maximum absolute atomic E-state index is 12.5. The molecule has 2 rings (SSSR count). The summed E-state index contributed by atoms with van der Waals surface area (Å²) in [5, 5.41) is 3.23. The van der Waals surface area contributed by atoms with Crippen molar-refractivity contribution in [3.8, 4) is 0 Å². The van der Waals surface area contributed by atoms with Gasteiger partial charge in [0.15, 0.2) is 5.96 Å². The molecule has 1 aromatic rings. The van der Waals surface area contributed by atoms with Crippen molar-refractivity contribution in [3.05, 3.63) is 35.4 Å². The molecule has 0 saturated carbocycles. The van der Waals surface area contributed by atoms with Gasteiger partial charge >= 0.3 is 6.18 Å². The molecule has 1 atom stereocenters. The maximum Gasteiger partial charge on any atom is 0.416 e. The number of nitrogens with zero attached hydrogens (tertiary/aromatic N) is 2. The maximum atomic E-state index is 12.5.